The van der Waals surface area contributed by atoms with Gasteiger partial charge >= 0.3 is 23.9 Å². The van der Waals surface area contributed by atoms with Gasteiger partial charge in [0, 0.05) is 18.8 Å². The molecule has 256 valence electrons. The standard InChI is InChI=1S/C23H32O6.C6H12O2.6CH4/c1-3-13(6-11(2)21(24)27-18-8-12-4-5-14(18)7-12)22(25)28-19-15-9-16-17(10-15)23(26)29-20(16)19;1-5(7)8-6(2,3)4;;;;;;/h11-20H,3-10H2,1-2H3;1-4H3;6*1H4. The van der Waals surface area contributed by atoms with E-state index in [-0.39, 0.29) is 122 Å². The van der Waals surface area contributed by atoms with Crippen molar-refractivity contribution in [2.75, 3.05) is 0 Å². The van der Waals surface area contributed by atoms with Gasteiger partial charge in [-0.25, -0.2) is 0 Å². The van der Waals surface area contributed by atoms with Crippen LogP contribution in [0.5, 0.6) is 0 Å². The van der Waals surface area contributed by atoms with Crippen LogP contribution in [-0.2, 0) is 38.1 Å². The Morgan fingerprint density at radius 3 is 1.98 bits per heavy atom. The molecule has 0 radical (unpaired) electrons. The van der Waals surface area contributed by atoms with E-state index in [1.165, 1.54) is 26.2 Å². The largest absolute Gasteiger partial charge is 0.462 e. The normalized spacial score (nSPS) is 31.3. The van der Waals surface area contributed by atoms with E-state index in [0.29, 0.717) is 18.8 Å². The third-order valence-corrected chi connectivity index (χ3v) is 8.92. The number of hydrogen-bond donors (Lipinski definition) is 0. The monoisotopic (exact) mass is 616 g/mol. The summed E-state index contributed by atoms with van der Waals surface area (Å²) in [5.74, 6) is 0.320. The van der Waals surface area contributed by atoms with Crippen LogP contribution in [-0.4, -0.2) is 47.8 Å². The van der Waals surface area contributed by atoms with E-state index in [0.717, 1.165) is 25.2 Å². The molecule has 4 bridgehead atoms. The minimum Gasteiger partial charge on any atom is -0.462 e. The molecule has 8 nitrogen and oxygen atoms in total. The van der Waals surface area contributed by atoms with Crippen LogP contribution in [0.25, 0.3) is 0 Å². The summed E-state index contributed by atoms with van der Waals surface area (Å²) in [5, 5.41) is 0. The lowest BCUT2D eigenvalue weighted by atomic mass is 9.87. The number of carbonyl (C=O) groups is 4. The number of esters is 4. The third-order valence-electron chi connectivity index (χ3n) is 8.92. The van der Waals surface area contributed by atoms with Crippen molar-refractivity contribution in [2.45, 2.75) is 161 Å². The maximum Gasteiger partial charge on any atom is 0.309 e. The molecule has 43 heavy (non-hydrogen) atoms. The molecule has 0 spiro atoms. The lowest BCUT2D eigenvalue weighted by Crippen LogP contribution is -2.38. The van der Waals surface area contributed by atoms with E-state index in [2.05, 4.69) is 0 Å². The maximum atomic E-state index is 12.9. The Balaban J connectivity index is -0.00000102. The summed E-state index contributed by atoms with van der Waals surface area (Å²) >= 11 is 0. The number of carbonyl (C=O) groups excluding carboxylic acids is 4. The first-order chi connectivity index (χ1) is 17.4. The average molecular weight is 617 g/mol. The first-order valence-corrected chi connectivity index (χ1v) is 14.2. The van der Waals surface area contributed by atoms with Gasteiger partial charge in [-0.05, 0) is 84.0 Å². The minimum atomic E-state index is -0.329. The van der Waals surface area contributed by atoms with Gasteiger partial charge in [-0.15, -0.1) is 0 Å². The first-order valence-electron chi connectivity index (χ1n) is 14.2. The van der Waals surface area contributed by atoms with E-state index in [1.54, 1.807) is 0 Å². The van der Waals surface area contributed by atoms with E-state index in [9.17, 15) is 19.2 Å². The van der Waals surface area contributed by atoms with Gasteiger partial charge in [-0.1, -0.05) is 58.4 Å². The van der Waals surface area contributed by atoms with Crippen molar-refractivity contribution in [3.8, 4) is 0 Å². The van der Waals surface area contributed by atoms with Gasteiger partial charge in [0.25, 0.3) is 0 Å². The van der Waals surface area contributed by atoms with Crippen molar-refractivity contribution in [1.82, 2.24) is 0 Å². The van der Waals surface area contributed by atoms with Gasteiger partial charge in [0.15, 0.2) is 0 Å². The van der Waals surface area contributed by atoms with Crippen molar-refractivity contribution in [2.24, 2.45) is 41.4 Å². The Bertz CT molecular complexity index is 893. The van der Waals surface area contributed by atoms with Crippen molar-refractivity contribution >= 4 is 23.9 Å². The molecule has 10 unspecified atom stereocenters. The highest BCUT2D eigenvalue weighted by atomic mass is 16.6. The van der Waals surface area contributed by atoms with Gasteiger partial charge < -0.3 is 18.9 Å². The van der Waals surface area contributed by atoms with Gasteiger partial charge in [-0.3, -0.25) is 19.2 Å². The molecule has 4 aliphatic carbocycles. The molecule has 0 aromatic carbocycles. The molecule has 1 heterocycles. The first kappa shape index (κ1) is 45.3. The van der Waals surface area contributed by atoms with Crippen molar-refractivity contribution < 1.29 is 38.1 Å². The van der Waals surface area contributed by atoms with E-state index in [4.69, 9.17) is 18.9 Å². The van der Waals surface area contributed by atoms with Crippen LogP contribution in [0.2, 0.25) is 0 Å². The fourth-order valence-electron chi connectivity index (χ4n) is 7.27. The molecule has 0 N–H and O–H groups in total. The zero-order chi connectivity index (χ0) is 27.1. The van der Waals surface area contributed by atoms with Crippen molar-refractivity contribution in [1.29, 1.82) is 0 Å². The Morgan fingerprint density at radius 2 is 1.51 bits per heavy atom. The Labute approximate surface area is 264 Å². The highest BCUT2D eigenvalue weighted by Gasteiger charge is 2.63. The Morgan fingerprint density at radius 1 is 0.884 bits per heavy atom. The predicted octanol–water partition coefficient (Wildman–Crippen LogP) is 8.43. The molecule has 4 saturated carbocycles. The molecule has 0 aromatic heterocycles. The molecule has 0 aromatic rings. The molecule has 10 atom stereocenters. The molecule has 0 amide bonds. The number of rotatable bonds is 7. The molecule has 8 heteroatoms. The summed E-state index contributed by atoms with van der Waals surface area (Å²) in [5.41, 5.74) is -0.328. The second-order valence-corrected chi connectivity index (χ2v) is 12.9. The van der Waals surface area contributed by atoms with E-state index in [1.807, 2.05) is 34.6 Å². The quantitative estimate of drug-likeness (QED) is 0.207. The van der Waals surface area contributed by atoms with Crippen LogP contribution in [0.1, 0.15) is 137 Å². The molecule has 1 saturated heterocycles. The SMILES string of the molecule is C.C.C.C.C.C.CC(=O)OC(C)(C)C.CCC(CC(C)C(=O)OC1CC2CCC1C2)C(=O)OC1C2CC3C(=O)OC1C3C2. The molecule has 5 aliphatic rings. The lowest BCUT2D eigenvalue weighted by molar-refractivity contribution is -0.167. The molecular weight excluding hydrogens is 548 g/mol. The smallest absolute Gasteiger partial charge is 0.309 e. The van der Waals surface area contributed by atoms with Crippen LogP contribution in [0.15, 0.2) is 0 Å². The minimum absolute atomic E-state index is 0. The summed E-state index contributed by atoms with van der Waals surface area (Å²) in [6, 6.07) is 0. The second kappa shape index (κ2) is 18.0. The van der Waals surface area contributed by atoms with Crippen LogP contribution in [0.4, 0.5) is 0 Å². The fraction of sp³-hybridized carbons (Fsp3) is 0.886. The van der Waals surface area contributed by atoms with Crippen LogP contribution in [0.3, 0.4) is 0 Å². The number of ether oxygens (including phenoxy) is 4. The topological polar surface area (TPSA) is 105 Å². The molecule has 1 aliphatic heterocycles. The molecule has 5 rings (SSSR count). The Kier molecular flexibility index (Phi) is 19.0. The van der Waals surface area contributed by atoms with Gasteiger partial charge in [0.05, 0.1) is 17.8 Å². The second-order valence-electron chi connectivity index (χ2n) is 12.9. The van der Waals surface area contributed by atoms with Crippen molar-refractivity contribution in [3.63, 3.8) is 0 Å². The van der Waals surface area contributed by atoms with Gasteiger partial charge in [-0.2, -0.15) is 0 Å². The van der Waals surface area contributed by atoms with Crippen molar-refractivity contribution in [3.05, 3.63) is 0 Å². The summed E-state index contributed by atoms with van der Waals surface area (Å²) in [6.45, 7) is 10.7. The van der Waals surface area contributed by atoms with E-state index < -0.39 is 0 Å². The molecular formula is C35H68O8. The summed E-state index contributed by atoms with van der Waals surface area (Å²) in [4.78, 5) is 47.6. The van der Waals surface area contributed by atoms with Crippen LogP contribution < -0.4 is 0 Å². The average Bonchev–Trinajstić information content (AvgIpc) is 3.59. The predicted molar refractivity (Wildman–Crippen MR) is 174 cm³/mol. The fourth-order valence-corrected chi connectivity index (χ4v) is 7.27. The third kappa shape index (κ3) is 10.5. The Hall–Kier alpha value is -2.12. The highest BCUT2D eigenvalue weighted by molar-refractivity contribution is 5.78. The highest BCUT2D eigenvalue weighted by Crippen LogP contribution is 2.55. The summed E-state index contributed by atoms with van der Waals surface area (Å²) in [7, 11) is 0. The lowest BCUT2D eigenvalue weighted by Gasteiger charge is -2.28. The number of hydrogen-bond acceptors (Lipinski definition) is 8. The zero-order valence-corrected chi connectivity index (χ0v) is 23.2. The summed E-state index contributed by atoms with van der Waals surface area (Å²) in [6.07, 6.45) is 6.95. The number of fused-ring (bicyclic) bond motifs is 3. The van der Waals surface area contributed by atoms with Gasteiger partial charge in [0.2, 0.25) is 0 Å². The maximum absolute atomic E-state index is 12.9. The van der Waals surface area contributed by atoms with Crippen LogP contribution in [0, 0.1) is 41.4 Å². The van der Waals surface area contributed by atoms with Gasteiger partial charge in [0.1, 0.15) is 23.9 Å². The molecule has 5 fully saturated rings. The van der Waals surface area contributed by atoms with Crippen LogP contribution >= 0.6 is 0 Å². The van der Waals surface area contributed by atoms with E-state index >= 15 is 0 Å². The zero-order valence-electron chi connectivity index (χ0n) is 23.2. The summed E-state index contributed by atoms with van der Waals surface area (Å²) < 4.78 is 22.0.